The van der Waals surface area contributed by atoms with Gasteiger partial charge in [-0.25, -0.2) is 4.98 Å². The lowest BCUT2D eigenvalue weighted by molar-refractivity contribution is -0.139. The Bertz CT molecular complexity index is 756. The van der Waals surface area contributed by atoms with Crippen LogP contribution in [0.5, 0.6) is 0 Å². The van der Waals surface area contributed by atoms with Gasteiger partial charge in [-0.2, -0.15) is 5.26 Å². The zero-order chi connectivity index (χ0) is 14.0. The van der Waals surface area contributed by atoms with Crippen LogP contribution in [0.4, 0.5) is 0 Å². The molecule has 0 unspecified atom stereocenters. The van der Waals surface area contributed by atoms with Gasteiger partial charge in [-0.1, -0.05) is 0 Å². The Morgan fingerprint density at radius 2 is 2.32 bits per heavy atom. The molecule has 0 atom stereocenters. The van der Waals surface area contributed by atoms with Gasteiger partial charge in [-0.3, -0.25) is 9.59 Å². The van der Waals surface area contributed by atoms with Gasteiger partial charge < -0.3 is 9.72 Å². The molecule has 6 heteroatoms. The SMILES string of the molecule is COC(=O)Cc1c(C)c2c(C#N)nccc2[nH]c1=O. The van der Waals surface area contributed by atoms with Crippen molar-refractivity contribution in [2.45, 2.75) is 13.3 Å². The number of rotatable bonds is 2. The summed E-state index contributed by atoms with van der Waals surface area (Å²) in [6.45, 7) is 1.69. The van der Waals surface area contributed by atoms with Crippen LogP contribution in [0.1, 0.15) is 16.8 Å². The molecule has 0 fully saturated rings. The van der Waals surface area contributed by atoms with Crippen LogP contribution in [0.2, 0.25) is 0 Å². The number of nitrogens with zero attached hydrogens (tertiary/aromatic N) is 2. The number of hydrogen-bond donors (Lipinski definition) is 1. The van der Waals surface area contributed by atoms with Gasteiger partial charge in [0.15, 0.2) is 0 Å². The van der Waals surface area contributed by atoms with Gasteiger partial charge in [-0.15, -0.1) is 0 Å². The molecule has 6 nitrogen and oxygen atoms in total. The first-order valence-electron chi connectivity index (χ1n) is 5.56. The molecular weight excluding hydrogens is 246 g/mol. The number of aromatic amines is 1. The van der Waals surface area contributed by atoms with Crippen LogP contribution in [0.3, 0.4) is 0 Å². The Labute approximate surface area is 108 Å². The van der Waals surface area contributed by atoms with E-state index in [9.17, 15) is 9.59 Å². The summed E-state index contributed by atoms with van der Waals surface area (Å²) in [5, 5.41) is 9.61. The topological polar surface area (TPSA) is 95.8 Å². The number of hydrogen-bond acceptors (Lipinski definition) is 5. The molecule has 2 heterocycles. The number of carbonyl (C=O) groups is 1. The number of ether oxygens (including phenoxy) is 1. The van der Waals surface area contributed by atoms with Crippen LogP contribution in [0.25, 0.3) is 10.9 Å². The Balaban J connectivity index is 2.77. The molecule has 0 saturated heterocycles. The molecule has 0 bridgehead atoms. The molecule has 2 rings (SSSR count). The Morgan fingerprint density at radius 3 is 2.95 bits per heavy atom. The number of esters is 1. The fourth-order valence-corrected chi connectivity index (χ4v) is 1.98. The van der Waals surface area contributed by atoms with Crippen molar-refractivity contribution in [3.8, 4) is 6.07 Å². The lowest BCUT2D eigenvalue weighted by Gasteiger charge is -2.08. The summed E-state index contributed by atoms with van der Waals surface area (Å²) in [4.78, 5) is 29.9. The summed E-state index contributed by atoms with van der Waals surface area (Å²) in [5.74, 6) is -0.504. The molecule has 96 valence electrons. The molecule has 2 aromatic heterocycles. The Kier molecular flexibility index (Phi) is 3.29. The van der Waals surface area contributed by atoms with Gasteiger partial charge in [-0.05, 0) is 18.6 Å². The van der Waals surface area contributed by atoms with Crippen molar-refractivity contribution < 1.29 is 9.53 Å². The molecule has 0 spiro atoms. The van der Waals surface area contributed by atoms with Gasteiger partial charge in [0.05, 0.1) is 19.0 Å². The summed E-state index contributed by atoms with van der Waals surface area (Å²) < 4.78 is 4.56. The molecule has 0 aromatic carbocycles. The average Bonchev–Trinajstić information content (AvgIpc) is 2.42. The van der Waals surface area contributed by atoms with Gasteiger partial charge >= 0.3 is 5.97 Å². The minimum atomic E-state index is -0.504. The fourth-order valence-electron chi connectivity index (χ4n) is 1.98. The van der Waals surface area contributed by atoms with E-state index < -0.39 is 5.97 Å². The van der Waals surface area contributed by atoms with E-state index in [-0.39, 0.29) is 17.7 Å². The highest BCUT2D eigenvalue weighted by molar-refractivity contribution is 5.88. The van der Waals surface area contributed by atoms with E-state index in [1.54, 1.807) is 13.0 Å². The van der Waals surface area contributed by atoms with Crippen molar-refractivity contribution >= 4 is 16.9 Å². The highest BCUT2D eigenvalue weighted by Gasteiger charge is 2.15. The number of H-pyrrole nitrogens is 1. The zero-order valence-electron chi connectivity index (χ0n) is 10.5. The molecule has 0 radical (unpaired) electrons. The Hall–Kier alpha value is -2.68. The first kappa shape index (κ1) is 12.8. The summed E-state index contributed by atoms with van der Waals surface area (Å²) in [5.41, 5.74) is 1.27. The number of aryl methyl sites for hydroxylation is 1. The molecule has 1 N–H and O–H groups in total. The van der Waals surface area contributed by atoms with Crippen LogP contribution in [-0.2, 0) is 16.0 Å². The maximum Gasteiger partial charge on any atom is 0.310 e. The maximum atomic E-state index is 11.9. The molecule has 0 aliphatic heterocycles. The fraction of sp³-hybridized carbons (Fsp3) is 0.231. The quantitative estimate of drug-likeness (QED) is 0.803. The average molecular weight is 257 g/mol. The maximum absolute atomic E-state index is 11.9. The Morgan fingerprint density at radius 1 is 1.58 bits per heavy atom. The van der Waals surface area contributed by atoms with E-state index in [1.165, 1.54) is 13.3 Å². The second-order valence-electron chi connectivity index (χ2n) is 4.00. The summed E-state index contributed by atoms with van der Waals surface area (Å²) >= 11 is 0. The van der Waals surface area contributed by atoms with Crippen LogP contribution in [-0.4, -0.2) is 23.0 Å². The van der Waals surface area contributed by atoms with Crippen LogP contribution in [0, 0.1) is 18.3 Å². The van der Waals surface area contributed by atoms with E-state index in [4.69, 9.17) is 5.26 Å². The van der Waals surface area contributed by atoms with Crippen molar-refractivity contribution in [2.75, 3.05) is 7.11 Å². The number of methoxy groups -OCH3 is 1. The van der Waals surface area contributed by atoms with Crippen LogP contribution in [0.15, 0.2) is 17.1 Å². The van der Waals surface area contributed by atoms with E-state index in [1.807, 2.05) is 6.07 Å². The third-order valence-electron chi connectivity index (χ3n) is 2.96. The van der Waals surface area contributed by atoms with E-state index >= 15 is 0 Å². The third-order valence-corrected chi connectivity index (χ3v) is 2.96. The minimum Gasteiger partial charge on any atom is -0.469 e. The largest absolute Gasteiger partial charge is 0.469 e. The lowest BCUT2D eigenvalue weighted by Crippen LogP contribution is -2.19. The highest BCUT2D eigenvalue weighted by atomic mass is 16.5. The number of nitriles is 1. The highest BCUT2D eigenvalue weighted by Crippen LogP contribution is 2.20. The van der Waals surface area contributed by atoms with Crippen molar-refractivity contribution in [2.24, 2.45) is 0 Å². The molecular formula is C13H11N3O3. The number of aromatic nitrogens is 2. The molecule has 0 saturated carbocycles. The molecule has 0 amide bonds. The molecule has 0 aliphatic rings. The summed E-state index contributed by atoms with van der Waals surface area (Å²) in [6, 6.07) is 3.59. The van der Waals surface area contributed by atoms with E-state index in [2.05, 4.69) is 14.7 Å². The van der Waals surface area contributed by atoms with Crippen molar-refractivity contribution in [3.63, 3.8) is 0 Å². The molecule has 2 aromatic rings. The third kappa shape index (κ3) is 2.18. The van der Waals surface area contributed by atoms with E-state index in [0.717, 1.165) is 0 Å². The predicted molar refractivity (Wildman–Crippen MR) is 67.5 cm³/mol. The van der Waals surface area contributed by atoms with Crippen LogP contribution >= 0.6 is 0 Å². The number of pyridine rings is 2. The molecule has 0 aliphatic carbocycles. The van der Waals surface area contributed by atoms with Crippen molar-refractivity contribution in [3.05, 3.63) is 39.4 Å². The number of fused-ring (bicyclic) bond motifs is 1. The van der Waals surface area contributed by atoms with Gasteiger partial charge in [0.1, 0.15) is 11.8 Å². The monoisotopic (exact) mass is 257 g/mol. The second-order valence-corrected chi connectivity index (χ2v) is 4.00. The molecule has 19 heavy (non-hydrogen) atoms. The smallest absolute Gasteiger partial charge is 0.310 e. The number of nitrogens with one attached hydrogen (secondary N) is 1. The first-order valence-corrected chi connectivity index (χ1v) is 5.56. The normalized spacial score (nSPS) is 10.2. The van der Waals surface area contributed by atoms with Gasteiger partial charge in [0, 0.05) is 17.1 Å². The lowest BCUT2D eigenvalue weighted by atomic mass is 10.0. The number of carbonyl (C=O) groups excluding carboxylic acids is 1. The van der Waals surface area contributed by atoms with Crippen molar-refractivity contribution in [1.82, 2.24) is 9.97 Å². The van der Waals surface area contributed by atoms with Crippen molar-refractivity contribution in [1.29, 1.82) is 5.26 Å². The standard InChI is InChI=1S/C13H11N3O3/c1-7-8(5-11(17)19-2)13(18)16-9-3-4-15-10(6-14)12(7)9/h3-4H,5H2,1-2H3,(H,16,18). The first-order chi connectivity index (χ1) is 9.08. The van der Waals surface area contributed by atoms with Crippen LogP contribution < -0.4 is 5.56 Å². The second kappa shape index (κ2) is 4.90. The zero-order valence-corrected chi connectivity index (χ0v) is 10.5. The van der Waals surface area contributed by atoms with E-state index in [0.29, 0.717) is 22.0 Å². The predicted octanol–water partition coefficient (Wildman–Crippen LogP) is 0.819. The summed E-state index contributed by atoms with van der Waals surface area (Å²) in [7, 11) is 1.26. The van der Waals surface area contributed by atoms with Gasteiger partial charge in [0.2, 0.25) is 0 Å². The van der Waals surface area contributed by atoms with Gasteiger partial charge in [0.25, 0.3) is 5.56 Å². The minimum absolute atomic E-state index is 0.132. The summed E-state index contributed by atoms with van der Waals surface area (Å²) in [6.07, 6.45) is 1.32.